The molecule has 0 spiro atoms. The number of hydrogen-bond acceptors (Lipinski definition) is 0. The highest BCUT2D eigenvalue weighted by Crippen LogP contribution is 2.12. The van der Waals surface area contributed by atoms with Crippen molar-refractivity contribution >= 4 is 0 Å². The summed E-state index contributed by atoms with van der Waals surface area (Å²) in [5.41, 5.74) is 4.12. The second-order valence-electron chi connectivity index (χ2n) is 3.24. The van der Waals surface area contributed by atoms with Gasteiger partial charge in [-0.05, 0) is 39.7 Å². The Hall–Kier alpha value is -0.780. The molecule has 0 N–H and O–H groups in total. The van der Waals surface area contributed by atoms with E-state index in [0.29, 0.717) is 0 Å². The van der Waals surface area contributed by atoms with Crippen LogP contribution in [0.5, 0.6) is 0 Å². The Morgan fingerprint density at radius 1 is 1.08 bits per heavy atom. The van der Waals surface area contributed by atoms with Crippen molar-refractivity contribution in [2.45, 2.75) is 48.0 Å². The summed E-state index contributed by atoms with van der Waals surface area (Å²) in [5.74, 6) is 0. The van der Waals surface area contributed by atoms with Gasteiger partial charge in [-0.1, -0.05) is 37.1 Å². The van der Waals surface area contributed by atoms with Crippen LogP contribution in [0.2, 0.25) is 0 Å². The van der Waals surface area contributed by atoms with Crippen molar-refractivity contribution in [1.82, 2.24) is 0 Å². The van der Waals surface area contributed by atoms with Crippen LogP contribution in [0.4, 0.5) is 0 Å². The standard InChI is InChI=1S/C11H18.C2H6/c1-6-7-11(10(4)5)8-9(2)3;1-2/h6,8H,1,7H2,2-5H3;1-2H3. The number of rotatable bonds is 3. The van der Waals surface area contributed by atoms with E-state index in [4.69, 9.17) is 0 Å². The quantitative estimate of drug-likeness (QED) is 0.428. The average molecular weight is 180 g/mol. The molecule has 0 aromatic rings. The monoisotopic (exact) mass is 180 g/mol. The summed E-state index contributed by atoms with van der Waals surface area (Å²) in [6, 6.07) is 0. The van der Waals surface area contributed by atoms with Crippen LogP contribution < -0.4 is 0 Å². The van der Waals surface area contributed by atoms with Gasteiger partial charge in [0.1, 0.15) is 0 Å². The fraction of sp³-hybridized carbons (Fsp3) is 0.538. The van der Waals surface area contributed by atoms with Gasteiger partial charge in [0.05, 0.1) is 0 Å². The largest absolute Gasteiger partial charge is 0.103 e. The summed E-state index contributed by atoms with van der Waals surface area (Å²) in [6.07, 6.45) is 5.15. The molecule has 0 unspecified atom stereocenters. The van der Waals surface area contributed by atoms with Crippen molar-refractivity contribution in [2.24, 2.45) is 0 Å². The fourth-order valence-electron chi connectivity index (χ4n) is 0.911. The second kappa shape index (κ2) is 9.31. The minimum absolute atomic E-state index is 0.980. The van der Waals surface area contributed by atoms with Crippen molar-refractivity contribution in [2.75, 3.05) is 0 Å². The topological polar surface area (TPSA) is 0 Å². The fourth-order valence-corrected chi connectivity index (χ4v) is 0.911. The van der Waals surface area contributed by atoms with Gasteiger partial charge in [0.15, 0.2) is 0 Å². The first-order chi connectivity index (χ1) is 6.07. The van der Waals surface area contributed by atoms with E-state index in [0.717, 1.165) is 6.42 Å². The van der Waals surface area contributed by atoms with Crippen molar-refractivity contribution in [1.29, 1.82) is 0 Å². The molecule has 0 saturated carbocycles. The predicted molar refractivity (Wildman–Crippen MR) is 64.0 cm³/mol. The van der Waals surface area contributed by atoms with Crippen LogP contribution in [0.3, 0.4) is 0 Å². The Kier molecular flexibility index (Phi) is 10.5. The maximum absolute atomic E-state index is 3.73. The van der Waals surface area contributed by atoms with Crippen LogP contribution in [0.1, 0.15) is 48.0 Å². The number of allylic oxidation sites excluding steroid dienone is 5. The van der Waals surface area contributed by atoms with E-state index in [1.54, 1.807) is 0 Å². The van der Waals surface area contributed by atoms with Gasteiger partial charge in [-0.3, -0.25) is 0 Å². The molecule has 0 aromatic heterocycles. The Balaban J connectivity index is 0. The highest BCUT2D eigenvalue weighted by Gasteiger charge is 1.91. The molecule has 0 amide bonds. The van der Waals surface area contributed by atoms with Crippen molar-refractivity contribution in [3.05, 3.63) is 35.5 Å². The maximum Gasteiger partial charge on any atom is -0.0101 e. The molecular formula is C13H24. The van der Waals surface area contributed by atoms with Gasteiger partial charge in [-0.25, -0.2) is 0 Å². The molecule has 0 aliphatic rings. The van der Waals surface area contributed by atoms with Gasteiger partial charge in [-0.2, -0.15) is 0 Å². The lowest BCUT2D eigenvalue weighted by Gasteiger charge is -2.01. The van der Waals surface area contributed by atoms with Crippen molar-refractivity contribution < 1.29 is 0 Å². The van der Waals surface area contributed by atoms with E-state index < -0.39 is 0 Å². The first-order valence-electron chi connectivity index (χ1n) is 5.00. The van der Waals surface area contributed by atoms with E-state index >= 15 is 0 Å². The lowest BCUT2D eigenvalue weighted by Crippen LogP contribution is -1.81. The summed E-state index contributed by atoms with van der Waals surface area (Å²) >= 11 is 0. The Morgan fingerprint density at radius 2 is 1.54 bits per heavy atom. The molecule has 0 heterocycles. The van der Waals surface area contributed by atoms with Gasteiger partial charge >= 0.3 is 0 Å². The molecule has 0 bridgehead atoms. The second-order valence-corrected chi connectivity index (χ2v) is 3.24. The summed E-state index contributed by atoms with van der Waals surface area (Å²) in [6.45, 7) is 16.2. The molecular weight excluding hydrogens is 156 g/mol. The lowest BCUT2D eigenvalue weighted by atomic mass is 10.1. The lowest BCUT2D eigenvalue weighted by molar-refractivity contribution is 1.17. The number of hydrogen-bond donors (Lipinski definition) is 0. The van der Waals surface area contributed by atoms with Crippen LogP contribution in [-0.2, 0) is 0 Å². The van der Waals surface area contributed by atoms with Gasteiger partial charge in [0.25, 0.3) is 0 Å². The van der Waals surface area contributed by atoms with E-state index in [1.165, 1.54) is 16.7 Å². The third kappa shape index (κ3) is 9.13. The molecule has 0 aliphatic heterocycles. The molecule has 13 heavy (non-hydrogen) atoms. The van der Waals surface area contributed by atoms with Crippen LogP contribution >= 0.6 is 0 Å². The maximum atomic E-state index is 3.73. The van der Waals surface area contributed by atoms with Crippen LogP contribution in [0, 0.1) is 0 Å². The van der Waals surface area contributed by atoms with E-state index in [1.807, 2.05) is 19.9 Å². The zero-order valence-corrected chi connectivity index (χ0v) is 10.1. The first-order valence-corrected chi connectivity index (χ1v) is 5.00. The normalized spacial score (nSPS) is 7.85. The summed E-state index contributed by atoms with van der Waals surface area (Å²) in [5, 5.41) is 0. The molecule has 0 fully saturated rings. The third-order valence-corrected chi connectivity index (χ3v) is 1.47. The minimum atomic E-state index is 0.980. The SMILES string of the molecule is C=CCC(C=C(C)C)=C(C)C.CC. The minimum Gasteiger partial charge on any atom is -0.103 e. The molecule has 0 saturated heterocycles. The molecule has 0 aromatic carbocycles. The van der Waals surface area contributed by atoms with Gasteiger partial charge in [-0.15, -0.1) is 6.58 Å². The first kappa shape index (κ1) is 14.7. The molecule has 76 valence electrons. The predicted octanol–water partition coefficient (Wildman–Crippen LogP) is 4.89. The smallest absolute Gasteiger partial charge is 0.0101 e. The van der Waals surface area contributed by atoms with E-state index in [2.05, 4.69) is 40.3 Å². The van der Waals surface area contributed by atoms with Crippen molar-refractivity contribution in [3.8, 4) is 0 Å². The van der Waals surface area contributed by atoms with Crippen molar-refractivity contribution in [3.63, 3.8) is 0 Å². The summed E-state index contributed by atoms with van der Waals surface area (Å²) < 4.78 is 0. The Labute approximate surface area is 84.1 Å². The molecule has 0 rings (SSSR count). The zero-order chi connectivity index (χ0) is 10.9. The average Bonchev–Trinajstić information content (AvgIpc) is 2.06. The van der Waals surface area contributed by atoms with Gasteiger partial charge < -0.3 is 0 Å². The highest BCUT2D eigenvalue weighted by molar-refractivity contribution is 5.27. The zero-order valence-electron chi connectivity index (χ0n) is 10.1. The van der Waals surface area contributed by atoms with E-state index in [-0.39, 0.29) is 0 Å². The highest BCUT2D eigenvalue weighted by atomic mass is 14.0. The molecule has 0 radical (unpaired) electrons. The van der Waals surface area contributed by atoms with Crippen LogP contribution in [-0.4, -0.2) is 0 Å². The van der Waals surface area contributed by atoms with Gasteiger partial charge in [0, 0.05) is 0 Å². The Morgan fingerprint density at radius 3 is 1.77 bits per heavy atom. The van der Waals surface area contributed by atoms with Crippen LogP contribution in [0.15, 0.2) is 35.5 Å². The molecule has 0 aliphatic carbocycles. The third-order valence-electron chi connectivity index (χ3n) is 1.47. The summed E-state index contributed by atoms with van der Waals surface area (Å²) in [7, 11) is 0. The molecule has 0 heteroatoms. The van der Waals surface area contributed by atoms with Gasteiger partial charge in [0.2, 0.25) is 0 Å². The molecule has 0 atom stereocenters. The van der Waals surface area contributed by atoms with Crippen LogP contribution in [0.25, 0.3) is 0 Å². The Bertz CT molecular complexity index is 184. The van der Waals surface area contributed by atoms with E-state index in [9.17, 15) is 0 Å². The summed E-state index contributed by atoms with van der Waals surface area (Å²) in [4.78, 5) is 0. The molecule has 0 nitrogen and oxygen atoms in total.